The van der Waals surface area contributed by atoms with Crippen molar-refractivity contribution >= 4 is 5.97 Å². The van der Waals surface area contributed by atoms with E-state index in [1.165, 1.54) is 12.8 Å². The van der Waals surface area contributed by atoms with Crippen LogP contribution < -0.4 is 5.32 Å². The first kappa shape index (κ1) is 13.5. The second kappa shape index (κ2) is 6.86. The third-order valence-electron chi connectivity index (χ3n) is 3.32. The van der Waals surface area contributed by atoms with Gasteiger partial charge in [0, 0.05) is 12.6 Å². The third-order valence-corrected chi connectivity index (χ3v) is 3.32. The number of aliphatic carboxylic acids is 1. The van der Waals surface area contributed by atoms with Crippen LogP contribution >= 0.6 is 0 Å². The third kappa shape index (κ3) is 4.10. The molecule has 1 aliphatic rings. The highest BCUT2D eigenvalue weighted by molar-refractivity contribution is 5.72. The highest BCUT2D eigenvalue weighted by Gasteiger charge is 2.24. The van der Waals surface area contributed by atoms with Crippen molar-refractivity contribution in [3.63, 3.8) is 0 Å². The number of nitrogens with zero attached hydrogens (tertiary/aromatic N) is 1. The molecule has 0 aliphatic carbocycles. The Morgan fingerprint density at radius 1 is 1.62 bits per heavy atom. The molecule has 94 valence electrons. The Balaban J connectivity index is 2.44. The molecule has 2 N–H and O–H groups in total. The number of carboxylic acids is 1. The van der Waals surface area contributed by atoms with Crippen LogP contribution in [0.2, 0.25) is 0 Å². The van der Waals surface area contributed by atoms with Crippen molar-refractivity contribution in [3.05, 3.63) is 0 Å². The van der Waals surface area contributed by atoms with E-state index < -0.39 is 5.97 Å². The lowest BCUT2D eigenvalue weighted by atomic mass is 10.1. The van der Waals surface area contributed by atoms with Gasteiger partial charge < -0.3 is 10.4 Å². The number of nitrogens with one attached hydrogen (secondary N) is 1. The van der Waals surface area contributed by atoms with Gasteiger partial charge in [-0.15, -0.1) is 0 Å². The summed E-state index contributed by atoms with van der Waals surface area (Å²) >= 11 is 0. The van der Waals surface area contributed by atoms with Crippen molar-refractivity contribution in [2.75, 3.05) is 19.6 Å². The van der Waals surface area contributed by atoms with Crippen LogP contribution in [0.25, 0.3) is 0 Å². The van der Waals surface area contributed by atoms with Gasteiger partial charge in [0.15, 0.2) is 0 Å². The maximum atomic E-state index is 11.0. The standard InChI is InChI=1S/C12H24N2O2/c1-3-4-8-14(10(2)12(15)16)9-11-6-5-7-13-11/h10-11,13H,3-9H2,1-2H3,(H,15,16). The Labute approximate surface area is 98.0 Å². The van der Waals surface area contributed by atoms with Crippen LogP contribution in [0.5, 0.6) is 0 Å². The maximum Gasteiger partial charge on any atom is 0.320 e. The number of unbranched alkanes of at least 4 members (excludes halogenated alkanes) is 1. The van der Waals surface area contributed by atoms with E-state index in [1.54, 1.807) is 6.92 Å². The second-order valence-electron chi connectivity index (χ2n) is 4.66. The van der Waals surface area contributed by atoms with Crippen molar-refractivity contribution in [1.82, 2.24) is 10.2 Å². The number of rotatable bonds is 7. The van der Waals surface area contributed by atoms with E-state index in [0.717, 1.165) is 32.5 Å². The van der Waals surface area contributed by atoms with Gasteiger partial charge in [-0.1, -0.05) is 13.3 Å². The van der Waals surface area contributed by atoms with Crippen molar-refractivity contribution in [1.29, 1.82) is 0 Å². The first-order valence-corrected chi connectivity index (χ1v) is 6.35. The molecule has 0 aromatic carbocycles. The molecule has 1 heterocycles. The van der Waals surface area contributed by atoms with E-state index in [0.29, 0.717) is 6.04 Å². The lowest BCUT2D eigenvalue weighted by Gasteiger charge is -2.28. The van der Waals surface area contributed by atoms with Gasteiger partial charge in [0.1, 0.15) is 6.04 Å². The SMILES string of the molecule is CCCCN(CC1CCCN1)C(C)C(=O)O. The van der Waals surface area contributed by atoms with Crippen LogP contribution in [0.1, 0.15) is 39.5 Å². The normalized spacial score (nSPS) is 22.6. The average Bonchev–Trinajstić information content (AvgIpc) is 2.75. The van der Waals surface area contributed by atoms with Crippen LogP contribution in [-0.4, -0.2) is 47.7 Å². The van der Waals surface area contributed by atoms with Crippen molar-refractivity contribution in [2.24, 2.45) is 0 Å². The Hall–Kier alpha value is -0.610. The number of hydrogen-bond donors (Lipinski definition) is 2. The minimum absolute atomic E-state index is 0.367. The van der Waals surface area contributed by atoms with Gasteiger partial charge in [-0.25, -0.2) is 0 Å². The highest BCUT2D eigenvalue weighted by Crippen LogP contribution is 2.10. The monoisotopic (exact) mass is 228 g/mol. The molecule has 1 saturated heterocycles. The fourth-order valence-corrected chi connectivity index (χ4v) is 2.16. The predicted octanol–water partition coefficient (Wildman–Crippen LogP) is 1.31. The molecule has 2 unspecified atom stereocenters. The predicted molar refractivity (Wildman–Crippen MR) is 64.6 cm³/mol. The molecule has 4 heteroatoms. The van der Waals surface area contributed by atoms with Crippen molar-refractivity contribution in [2.45, 2.75) is 51.6 Å². The highest BCUT2D eigenvalue weighted by atomic mass is 16.4. The summed E-state index contributed by atoms with van der Waals surface area (Å²) in [5.41, 5.74) is 0. The lowest BCUT2D eigenvalue weighted by molar-refractivity contribution is -0.142. The molecule has 0 spiro atoms. The zero-order chi connectivity index (χ0) is 12.0. The van der Waals surface area contributed by atoms with Gasteiger partial charge in [-0.05, 0) is 39.3 Å². The molecule has 1 rings (SSSR count). The van der Waals surface area contributed by atoms with Crippen LogP contribution in [0.15, 0.2) is 0 Å². The Bertz CT molecular complexity index is 215. The molecular formula is C12H24N2O2. The van der Waals surface area contributed by atoms with Gasteiger partial charge >= 0.3 is 5.97 Å². The molecule has 16 heavy (non-hydrogen) atoms. The quantitative estimate of drug-likeness (QED) is 0.690. The van der Waals surface area contributed by atoms with Crippen molar-refractivity contribution < 1.29 is 9.90 Å². The molecular weight excluding hydrogens is 204 g/mol. The fourth-order valence-electron chi connectivity index (χ4n) is 2.16. The molecule has 0 amide bonds. The average molecular weight is 228 g/mol. The van der Waals surface area contributed by atoms with Crippen LogP contribution in [0.4, 0.5) is 0 Å². The largest absolute Gasteiger partial charge is 0.480 e. The zero-order valence-electron chi connectivity index (χ0n) is 10.4. The Morgan fingerprint density at radius 3 is 2.88 bits per heavy atom. The first-order chi connectivity index (χ1) is 7.65. The fraction of sp³-hybridized carbons (Fsp3) is 0.917. The molecule has 0 saturated carbocycles. The topological polar surface area (TPSA) is 52.6 Å². The summed E-state index contributed by atoms with van der Waals surface area (Å²) in [7, 11) is 0. The molecule has 0 aromatic heterocycles. The van der Waals surface area contributed by atoms with E-state index in [9.17, 15) is 4.79 Å². The molecule has 1 fully saturated rings. The second-order valence-corrected chi connectivity index (χ2v) is 4.66. The number of carbonyl (C=O) groups is 1. The Kier molecular flexibility index (Phi) is 5.77. The summed E-state index contributed by atoms with van der Waals surface area (Å²) in [4.78, 5) is 13.1. The van der Waals surface area contributed by atoms with Crippen LogP contribution in [-0.2, 0) is 4.79 Å². The molecule has 2 atom stereocenters. The summed E-state index contributed by atoms with van der Waals surface area (Å²) in [5, 5.41) is 12.5. The maximum absolute atomic E-state index is 11.0. The summed E-state index contributed by atoms with van der Waals surface area (Å²) in [6.07, 6.45) is 4.58. The Morgan fingerprint density at radius 2 is 2.38 bits per heavy atom. The van der Waals surface area contributed by atoms with Gasteiger partial charge in [0.25, 0.3) is 0 Å². The van der Waals surface area contributed by atoms with Crippen LogP contribution in [0, 0.1) is 0 Å². The van der Waals surface area contributed by atoms with E-state index in [2.05, 4.69) is 17.1 Å². The van der Waals surface area contributed by atoms with Crippen LogP contribution in [0.3, 0.4) is 0 Å². The minimum atomic E-state index is -0.714. The summed E-state index contributed by atoms with van der Waals surface area (Å²) < 4.78 is 0. The van der Waals surface area contributed by atoms with Crippen molar-refractivity contribution in [3.8, 4) is 0 Å². The lowest BCUT2D eigenvalue weighted by Crippen LogP contribution is -2.46. The molecule has 0 radical (unpaired) electrons. The van der Waals surface area contributed by atoms with Gasteiger partial charge in [-0.3, -0.25) is 9.69 Å². The summed E-state index contributed by atoms with van der Waals surface area (Å²) in [6, 6.07) is 0.118. The zero-order valence-corrected chi connectivity index (χ0v) is 10.4. The van der Waals surface area contributed by atoms with E-state index in [1.807, 2.05) is 0 Å². The number of hydrogen-bond acceptors (Lipinski definition) is 3. The van der Waals surface area contributed by atoms with E-state index in [4.69, 9.17) is 5.11 Å². The van der Waals surface area contributed by atoms with E-state index in [-0.39, 0.29) is 6.04 Å². The smallest absolute Gasteiger partial charge is 0.320 e. The first-order valence-electron chi connectivity index (χ1n) is 6.35. The minimum Gasteiger partial charge on any atom is -0.480 e. The van der Waals surface area contributed by atoms with E-state index >= 15 is 0 Å². The summed E-state index contributed by atoms with van der Waals surface area (Å²) in [6.45, 7) is 6.76. The molecule has 1 aliphatic heterocycles. The molecule has 0 bridgehead atoms. The summed E-state index contributed by atoms with van der Waals surface area (Å²) in [5.74, 6) is -0.714. The van der Waals surface area contributed by atoms with Gasteiger partial charge in [-0.2, -0.15) is 0 Å². The van der Waals surface area contributed by atoms with Gasteiger partial charge in [0.05, 0.1) is 0 Å². The molecule has 4 nitrogen and oxygen atoms in total. The number of carboxylic acid groups (broad SMARTS) is 1. The van der Waals surface area contributed by atoms with Gasteiger partial charge in [0.2, 0.25) is 0 Å². The molecule has 0 aromatic rings.